The summed E-state index contributed by atoms with van der Waals surface area (Å²) in [5.74, 6) is -0.386. The molecule has 6 nitrogen and oxygen atoms in total. The maximum absolute atomic E-state index is 12.2. The molecule has 0 N–H and O–H groups in total. The van der Waals surface area contributed by atoms with E-state index in [1.54, 1.807) is 53.7 Å². The molecule has 0 aliphatic rings. The van der Waals surface area contributed by atoms with Gasteiger partial charge in [0.15, 0.2) is 0 Å². The molecule has 2 aromatic carbocycles. The van der Waals surface area contributed by atoms with Crippen LogP contribution in [0.1, 0.15) is 66.5 Å². The topological polar surface area (TPSA) is 98.7 Å². The summed E-state index contributed by atoms with van der Waals surface area (Å²) < 4.78 is 0. The van der Waals surface area contributed by atoms with Crippen molar-refractivity contribution in [3.05, 3.63) is 55.5 Å². The SMILES string of the molecule is CC(C)(C)[O-].CC(C)(C)[O-].CCN(CCN(CC)Cc1cc(Cl)cc(Cl)c1[O-])Cc1cc(Cl)cc(Cl)c1[O-].[Ti+4]. The second-order valence-corrected chi connectivity index (χ2v) is 12.4. The summed E-state index contributed by atoms with van der Waals surface area (Å²) in [6.07, 6.45) is 0. The van der Waals surface area contributed by atoms with Crippen LogP contribution in [0.2, 0.25) is 20.1 Å². The van der Waals surface area contributed by atoms with E-state index in [0.29, 0.717) is 34.3 Å². The van der Waals surface area contributed by atoms with Crippen LogP contribution in [0.15, 0.2) is 24.3 Å². The van der Waals surface area contributed by atoms with E-state index in [4.69, 9.17) is 46.4 Å². The molecule has 0 bridgehead atoms. The second kappa shape index (κ2) is 19.0. The van der Waals surface area contributed by atoms with Crippen molar-refractivity contribution in [2.24, 2.45) is 0 Å². The molecule has 39 heavy (non-hydrogen) atoms. The number of hydrogen-bond donors (Lipinski definition) is 0. The third-order valence-corrected chi connectivity index (χ3v) is 5.58. The average Bonchev–Trinajstić information content (AvgIpc) is 2.74. The zero-order chi connectivity index (χ0) is 29.8. The second-order valence-electron chi connectivity index (χ2n) is 10.7. The summed E-state index contributed by atoms with van der Waals surface area (Å²) in [5, 5.41) is 45.8. The summed E-state index contributed by atoms with van der Waals surface area (Å²) in [5.41, 5.74) is -0.350. The maximum atomic E-state index is 12.2. The summed E-state index contributed by atoms with van der Waals surface area (Å²) in [6, 6.07) is 6.24. The van der Waals surface area contributed by atoms with E-state index in [-0.39, 0.29) is 43.3 Å². The number of nitrogens with zero attached hydrogens (tertiary/aromatic N) is 2. The molecule has 0 saturated heterocycles. The summed E-state index contributed by atoms with van der Waals surface area (Å²) in [6.45, 7) is 17.7. The minimum absolute atomic E-state index is 0. The monoisotopic (exact) mass is 656 g/mol. The molecular weight excluding hydrogens is 618 g/mol. The maximum Gasteiger partial charge on any atom is 4.00 e. The molecule has 0 heterocycles. The first-order valence-corrected chi connectivity index (χ1v) is 13.9. The molecule has 0 atom stereocenters. The average molecular weight is 658 g/mol. The Kier molecular flexibility index (Phi) is 20.0. The summed E-state index contributed by atoms with van der Waals surface area (Å²) in [4.78, 5) is 4.27. The van der Waals surface area contributed by atoms with Gasteiger partial charge in [0.25, 0.3) is 0 Å². The van der Waals surface area contributed by atoms with E-state index in [2.05, 4.69) is 9.80 Å². The first kappa shape index (κ1) is 40.9. The van der Waals surface area contributed by atoms with Gasteiger partial charge in [-0.05, 0) is 48.5 Å². The van der Waals surface area contributed by atoms with Crippen molar-refractivity contribution in [1.82, 2.24) is 9.80 Å². The molecule has 0 fully saturated rings. The Bertz CT molecular complexity index is 907. The van der Waals surface area contributed by atoms with Gasteiger partial charge in [0.1, 0.15) is 0 Å². The van der Waals surface area contributed by atoms with E-state index in [1.807, 2.05) is 13.8 Å². The Balaban J connectivity index is 0. The van der Waals surface area contributed by atoms with Gasteiger partial charge in [-0.3, -0.25) is 9.80 Å². The van der Waals surface area contributed by atoms with E-state index in [0.717, 1.165) is 26.2 Å². The quantitative estimate of drug-likeness (QED) is 0.349. The predicted molar refractivity (Wildman–Crippen MR) is 153 cm³/mol. The largest absolute Gasteiger partial charge is 4.00 e. The van der Waals surface area contributed by atoms with Crippen molar-refractivity contribution >= 4 is 46.4 Å². The van der Waals surface area contributed by atoms with E-state index < -0.39 is 11.2 Å². The van der Waals surface area contributed by atoms with Crippen LogP contribution in [0.25, 0.3) is 0 Å². The van der Waals surface area contributed by atoms with Gasteiger partial charge in [0.05, 0.1) is 0 Å². The molecule has 0 saturated carbocycles. The van der Waals surface area contributed by atoms with Crippen molar-refractivity contribution in [3.8, 4) is 11.5 Å². The third-order valence-electron chi connectivity index (χ3n) is 4.59. The van der Waals surface area contributed by atoms with Gasteiger partial charge in [-0.25, -0.2) is 0 Å². The van der Waals surface area contributed by atoms with Gasteiger partial charge in [-0.2, -0.15) is 0 Å². The summed E-state index contributed by atoms with van der Waals surface area (Å²) in [7, 11) is 0. The molecule has 218 valence electrons. The van der Waals surface area contributed by atoms with Crippen molar-refractivity contribution in [2.45, 2.75) is 79.7 Å². The number of halogens is 4. The minimum Gasteiger partial charge on any atom is -0.871 e. The fourth-order valence-corrected chi connectivity index (χ4v) is 4.00. The van der Waals surface area contributed by atoms with Crippen LogP contribution < -0.4 is 20.4 Å². The smallest absolute Gasteiger partial charge is 0.871 e. The van der Waals surface area contributed by atoms with E-state index in [1.165, 1.54) is 12.1 Å². The minimum atomic E-state index is -0.750. The third kappa shape index (κ3) is 20.3. The standard InChI is InChI=1S/C20H24Cl4N2O2.2C4H9O.Ti/c1-3-25(11-13-7-15(21)9-17(23)19(13)27)5-6-26(4-2)12-14-8-16(22)10-18(24)20(14)28;2*1-4(2,3)5;/h7-10,27-28H,3-6,11-12H2,1-2H3;2*1-3H3;/q;2*-1;+4/p-2. The molecule has 0 unspecified atom stereocenters. The molecule has 0 aromatic heterocycles. The van der Waals surface area contributed by atoms with Crippen LogP contribution in [0, 0.1) is 0 Å². The first-order valence-electron chi connectivity index (χ1n) is 12.4. The molecule has 0 spiro atoms. The van der Waals surface area contributed by atoms with Crippen molar-refractivity contribution < 1.29 is 42.1 Å². The normalized spacial score (nSPS) is 11.4. The molecule has 0 amide bonds. The van der Waals surface area contributed by atoms with Gasteiger partial charge < -0.3 is 20.4 Å². The van der Waals surface area contributed by atoms with Crippen LogP contribution in [-0.2, 0) is 34.8 Å². The number of likely N-dealkylation sites (N-methyl/N-ethyl adjacent to an activating group) is 2. The molecule has 2 aromatic rings. The van der Waals surface area contributed by atoms with Crippen LogP contribution >= 0.6 is 46.4 Å². The summed E-state index contributed by atoms with van der Waals surface area (Å²) >= 11 is 24.0. The number of hydrogen-bond acceptors (Lipinski definition) is 6. The number of rotatable bonds is 9. The fraction of sp³-hybridized carbons (Fsp3) is 0.571. The number of benzene rings is 2. The molecule has 0 radical (unpaired) electrons. The van der Waals surface area contributed by atoms with Crippen molar-refractivity contribution in [3.63, 3.8) is 0 Å². The fourth-order valence-electron chi connectivity index (χ4n) is 2.92. The Morgan fingerprint density at radius 1 is 0.615 bits per heavy atom. The zero-order valence-corrected chi connectivity index (χ0v) is 28.7. The van der Waals surface area contributed by atoms with Crippen LogP contribution in [-0.4, -0.2) is 47.2 Å². The van der Waals surface area contributed by atoms with Gasteiger partial charge in [0.2, 0.25) is 0 Å². The van der Waals surface area contributed by atoms with E-state index >= 15 is 0 Å². The molecular formula is C28H40Cl4N2O4Ti. The molecule has 2 rings (SSSR count). The first-order chi connectivity index (χ1) is 17.2. The van der Waals surface area contributed by atoms with Gasteiger partial charge in [-0.15, -0.1) is 11.2 Å². The molecule has 0 aliphatic carbocycles. The Morgan fingerprint density at radius 3 is 1.10 bits per heavy atom. The van der Waals surface area contributed by atoms with Gasteiger partial charge >= 0.3 is 21.7 Å². The van der Waals surface area contributed by atoms with Gasteiger partial charge in [0, 0.05) is 46.3 Å². The zero-order valence-electron chi connectivity index (χ0n) is 24.1. The van der Waals surface area contributed by atoms with Crippen LogP contribution in [0.5, 0.6) is 11.5 Å². The van der Waals surface area contributed by atoms with Crippen molar-refractivity contribution in [1.29, 1.82) is 0 Å². The molecule has 11 heteroatoms. The van der Waals surface area contributed by atoms with Crippen LogP contribution in [0.3, 0.4) is 0 Å². The Labute approximate surface area is 269 Å². The van der Waals surface area contributed by atoms with Gasteiger partial charge in [-0.1, -0.05) is 113 Å². The Morgan fingerprint density at radius 2 is 0.872 bits per heavy atom. The van der Waals surface area contributed by atoms with E-state index in [9.17, 15) is 20.4 Å². The molecule has 0 aliphatic heterocycles. The van der Waals surface area contributed by atoms with Crippen molar-refractivity contribution in [2.75, 3.05) is 26.2 Å². The van der Waals surface area contributed by atoms with Crippen LogP contribution in [0.4, 0.5) is 0 Å². The predicted octanol–water partition coefficient (Wildman–Crippen LogP) is 5.08. The Hall–Kier alpha value is -0.246.